The van der Waals surface area contributed by atoms with E-state index >= 15 is 0 Å². The van der Waals surface area contributed by atoms with Crippen LogP contribution in [0.4, 0.5) is 10.1 Å². The molecule has 0 radical (unpaired) electrons. The number of halogens is 1. The largest absolute Gasteiger partial charge is 0.346 e. The minimum Gasteiger partial charge on any atom is -0.346 e. The summed E-state index contributed by atoms with van der Waals surface area (Å²) in [5, 5.41) is 2.87. The van der Waals surface area contributed by atoms with E-state index in [9.17, 15) is 17.6 Å². The number of sulfonamides is 1. The molecule has 144 valence electrons. The van der Waals surface area contributed by atoms with Gasteiger partial charge in [-0.2, -0.15) is 0 Å². The number of nitrogens with zero attached hydrogens (tertiary/aromatic N) is 1. The third-order valence-corrected chi connectivity index (χ3v) is 5.47. The van der Waals surface area contributed by atoms with Crippen LogP contribution in [-0.2, 0) is 10.0 Å². The van der Waals surface area contributed by atoms with Crippen LogP contribution in [0.15, 0.2) is 78.0 Å². The first-order chi connectivity index (χ1) is 13.3. The maximum atomic E-state index is 13.0. The molecule has 3 aromatic rings. The number of amides is 1. The van der Waals surface area contributed by atoms with Crippen LogP contribution in [0.1, 0.15) is 28.9 Å². The molecule has 1 amide bonds. The van der Waals surface area contributed by atoms with Gasteiger partial charge in [0.15, 0.2) is 0 Å². The molecule has 0 fully saturated rings. The minimum absolute atomic E-state index is 0.0538. The Morgan fingerprint density at radius 3 is 2.18 bits per heavy atom. The molecule has 1 atom stereocenters. The number of rotatable bonds is 6. The summed E-state index contributed by atoms with van der Waals surface area (Å²) in [7, 11) is -3.84. The second-order valence-electron chi connectivity index (χ2n) is 6.11. The van der Waals surface area contributed by atoms with E-state index in [1.54, 1.807) is 12.4 Å². The van der Waals surface area contributed by atoms with Crippen molar-refractivity contribution in [3.05, 3.63) is 90.0 Å². The van der Waals surface area contributed by atoms with Crippen molar-refractivity contribution in [2.45, 2.75) is 17.9 Å². The third kappa shape index (κ3) is 4.72. The average Bonchev–Trinajstić information content (AvgIpc) is 2.69. The lowest BCUT2D eigenvalue weighted by Crippen LogP contribution is -2.26. The average molecular weight is 399 g/mol. The maximum absolute atomic E-state index is 13.0. The molecule has 0 unspecified atom stereocenters. The molecule has 1 heterocycles. The van der Waals surface area contributed by atoms with E-state index in [1.807, 2.05) is 19.1 Å². The van der Waals surface area contributed by atoms with Gasteiger partial charge in [0, 0.05) is 23.6 Å². The van der Waals surface area contributed by atoms with Gasteiger partial charge in [0.05, 0.1) is 10.9 Å². The molecule has 2 aromatic carbocycles. The minimum atomic E-state index is -3.84. The van der Waals surface area contributed by atoms with E-state index in [-0.39, 0.29) is 16.8 Å². The van der Waals surface area contributed by atoms with Crippen molar-refractivity contribution in [3.8, 4) is 0 Å². The molecule has 28 heavy (non-hydrogen) atoms. The molecule has 0 spiro atoms. The Balaban J connectivity index is 1.67. The summed E-state index contributed by atoms with van der Waals surface area (Å²) in [4.78, 5) is 16.3. The van der Waals surface area contributed by atoms with Gasteiger partial charge in [-0.1, -0.05) is 0 Å². The van der Waals surface area contributed by atoms with E-state index < -0.39 is 15.8 Å². The SMILES string of the molecule is C[C@@H](NC(=O)c1ccc(NS(=O)(=O)c2ccc(F)cc2)cc1)c1ccncc1. The zero-order valence-electron chi connectivity index (χ0n) is 15.0. The Hall–Kier alpha value is -3.26. The maximum Gasteiger partial charge on any atom is 0.261 e. The van der Waals surface area contributed by atoms with Crippen LogP contribution >= 0.6 is 0 Å². The van der Waals surface area contributed by atoms with E-state index in [1.165, 1.54) is 36.4 Å². The highest BCUT2D eigenvalue weighted by Gasteiger charge is 2.15. The quantitative estimate of drug-likeness (QED) is 0.664. The first-order valence-electron chi connectivity index (χ1n) is 8.44. The number of carbonyl (C=O) groups is 1. The summed E-state index contributed by atoms with van der Waals surface area (Å²) in [5.74, 6) is -0.799. The van der Waals surface area contributed by atoms with Crippen LogP contribution in [0, 0.1) is 5.82 Å². The standard InChI is InChI=1S/C20H18FN3O3S/c1-14(15-10-12-22-13-11-15)23-20(25)16-2-6-18(7-3-16)24-28(26,27)19-8-4-17(21)5-9-19/h2-14,24H,1H3,(H,23,25)/t14-/m1/s1. The molecule has 0 saturated heterocycles. The molecule has 0 aliphatic heterocycles. The number of aromatic nitrogens is 1. The number of anilines is 1. The van der Waals surface area contributed by atoms with Crippen LogP contribution in [0.25, 0.3) is 0 Å². The summed E-state index contributed by atoms with van der Waals surface area (Å²) in [6.45, 7) is 1.86. The highest BCUT2D eigenvalue weighted by molar-refractivity contribution is 7.92. The number of benzene rings is 2. The number of carbonyl (C=O) groups excluding carboxylic acids is 1. The summed E-state index contributed by atoms with van der Waals surface area (Å²) in [6.07, 6.45) is 3.31. The lowest BCUT2D eigenvalue weighted by Gasteiger charge is -2.14. The summed E-state index contributed by atoms with van der Waals surface area (Å²) in [5.41, 5.74) is 1.61. The number of nitrogens with one attached hydrogen (secondary N) is 2. The fourth-order valence-corrected chi connectivity index (χ4v) is 3.59. The van der Waals surface area contributed by atoms with Crippen LogP contribution in [-0.4, -0.2) is 19.3 Å². The smallest absolute Gasteiger partial charge is 0.261 e. The normalized spacial score (nSPS) is 12.2. The first-order valence-corrected chi connectivity index (χ1v) is 9.93. The molecule has 1 aromatic heterocycles. The van der Waals surface area contributed by atoms with Gasteiger partial charge in [0.1, 0.15) is 5.82 Å². The van der Waals surface area contributed by atoms with Crippen LogP contribution in [0.3, 0.4) is 0 Å². The van der Waals surface area contributed by atoms with Gasteiger partial charge in [-0.05, 0) is 73.2 Å². The van der Waals surface area contributed by atoms with Crippen molar-refractivity contribution in [3.63, 3.8) is 0 Å². The second kappa shape index (κ2) is 8.18. The second-order valence-corrected chi connectivity index (χ2v) is 7.79. The highest BCUT2D eigenvalue weighted by atomic mass is 32.2. The summed E-state index contributed by atoms with van der Waals surface area (Å²) < 4.78 is 40.0. The summed E-state index contributed by atoms with van der Waals surface area (Å²) >= 11 is 0. The van der Waals surface area contributed by atoms with Crippen molar-refractivity contribution in [1.29, 1.82) is 0 Å². The van der Waals surface area contributed by atoms with Gasteiger partial charge >= 0.3 is 0 Å². The van der Waals surface area contributed by atoms with Gasteiger partial charge < -0.3 is 5.32 Å². The predicted molar refractivity (Wildman–Crippen MR) is 104 cm³/mol. The van der Waals surface area contributed by atoms with Crippen LogP contribution < -0.4 is 10.0 Å². The van der Waals surface area contributed by atoms with E-state index in [0.717, 1.165) is 17.7 Å². The van der Waals surface area contributed by atoms with Gasteiger partial charge in [-0.15, -0.1) is 0 Å². The van der Waals surface area contributed by atoms with Gasteiger partial charge in [0.2, 0.25) is 0 Å². The Morgan fingerprint density at radius 1 is 0.964 bits per heavy atom. The fraction of sp³-hybridized carbons (Fsp3) is 0.100. The lowest BCUT2D eigenvalue weighted by atomic mass is 10.1. The number of hydrogen-bond acceptors (Lipinski definition) is 4. The highest BCUT2D eigenvalue weighted by Crippen LogP contribution is 2.18. The summed E-state index contributed by atoms with van der Waals surface area (Å²) in [6, 6.07) is 14.0. The van der Waals surface area contributed by atoms with Crippen LogP contribution in [0.5, 0.6) is 0 Å². The Labute approximate surface area is 162 Å². The van der Waals surface area contributed by atoms with Crippen molar-refractivity contribution in [2.24, 2.45) is 0 Å². The molecule has 0 aliphatic carbocycles. The van der Waals surface area contributed by atoms with Crippen molar-refractivity contribution in [2.75, 3.05) is 4.72 Å². The first kappa shape index (κ1) is 19.5. The Kier molecular flexibility index (Phi) is 5.70. The molecule has 0 saturated carbocycles. The zero-order valence-corrected chi connectivity index (χ0v) is 15.8. The van der Waals surface area contributed by atoms with Gasteiger partial charge in [-0.25, -0.2) is 12.8 Å². The molecular weight excluding hydrogens is 381 g/mol. The number of pyridine rings is 1. The van der Waals surface area contributed by atoms with Crippen molar-refractivity contribution in [1.82, 2.24) is 10.3 Å². The molecule has 3 rings (SSSR count). The third-order valence-electron chi connectivity index (χ3n) is 4.08. The van der Waals surface area contributed by atoms with Gasteiger partial charge in [0.25, 0.3) is 15.9 Å². The molecular formula is C20H18FN3O3S. The molecule has 0 bridgehead atoms. The van der Waals surface area contributed by atoms with E-state index in [0.29, 0.717) is 11.3 Å². The lowest BCUT2D eigenvalue weighted by molar-refractivity contribution is 0.0940. The Bertz CT molecular complexity index is 1050. The molecule has 6 nitrogen and oxygen atoms in total. The fourth-order valence-electron chi connectivity index (χ4n) is 2.53. The van der Waals surface area contributed by atoms with Crippen molar-refractivity contribution < 1.29 is 17.6 Å². The Morgan fingerprint density at radius 2 is 1.57 bits per heavy atom. The van der Waals surface area contributed by atoms with E-state index in [2.05, 4.69) is 15.0 Å². The van der Waals surface area contributed by atoms with Gasteiger partial charge in [-0.3, -0.25) is 14.5 Å². The molecule has 2 N–H and O–H groups in total. The molecule has 0 aliphatic rings. The molecule has 8 heteroatoms. The predicted octanol–water partition coefficient (Wildman–Crippen LogP) is 3.51. The van der Waals surface area contributed by atoms with Crippen molar-refractivity contribution >= 4 is 21.6 Å². The number of hydrogen-bond donors (Lipinski definition) is 2. The van der Waals surface area contributed by atoms with Crippen LogP contribution in [0.2, 0.25) is 0 Å². The zero-order chi connectivity index (χ0) is 20.1. The topological polar surface area (TPSA) is 88.2 Å². The van der Waals surface area contributed by atoms with E-state index in [4.69, 9.17) is 0 Å². The monoisotopic (exact) mass is 399 g/mol.